The van der Waals surface area contributed by atoms with Gasteiger partial charge in [-0.25, -0.2) is 4.79 Å². The van der Waals surface area contributed by atoms with Gasteiger partial charge in [-0.3, -0.25) is 4.79 Å². The fourth-order valence-corrected chi connectivity index (χ4v) is 6.27. The van der Waals surface area contributed by atoms with Crippen molar-refractivity contribution >= 4 is 11.9 Å². The molecule has 4 aliphatic rings. The van der Waals surface area contributed by atoms with Crippen LogP contribution in [0.2, 0.25) is 0 Å². The Bertz CT molecular complexity index is 1200. The van der Waals surface area contributed by atoms with E-state index in [9.17, 15) is 70.9 Å². The van der Waals surface area contributed by atoms with Crippen molar-refractivity contribution in [2.24, 2.45) is 0 Å². The first kappa shape index (κ1) is 41.6. The number of carbonyl (C=O) groups excluding carboxylic acids is 1. The SMILES string of the molecule is CC(=O)N[C@H]1[C@H]([C@H](O)[C@H](O)CO)O[C@@](O[C@H]2[C@@H](O)[C@@H](CO)O[C@@H](O[C@H]3[C@H](O[C@H]4O[C@H](C)[C@H](O)[C@H](O)[C@H]4O)C=CO[C@@H]3CO)[C@@H]2O)(C(=O)O)C[C@@H]1O. The minimum absolute atomic E-state index is 0.734. The number of aliphatic carboxylic acids is 1. The molecular formula is C29H47NO21. The summed E-state index contributed by atoms with van der Waals surface area (Å²) in [5.74, 6) is -5.74. The van der Waals surface area contributed by atoms with Gasteiger partial charge in [0, 0.05) is 13.3 Å². The van der Waals surface area contributed by atoms with E-state index in [2.05, 4.69) is 5.32 Å². The van der Waals surface area contributed by atoms with Crippen LogP contribution in [0.25, 0.3) is 0 Å². The molecule has 19 atom stereocenters. The van der Waals surface area contributed by atoms with Crippen molar-refractivity contribution in [3.8, 4) is 0 Å². The van der Waals surface area contributed by atoms with Gasteiger partial charge in [0.2, 0.25) is 5.91 Å². The highest BCUT2D eigenvalue weighted by Gasteiger charge is 2.60. The average Bonchev–Trinajstić information content (AvgIpc) is 3.09. The van der Waals surface area contributed by atoms with Crippen molar-refractivity contribution in [3.05, 3.63) is 12.3 Å². The minimum Gasteiger partial charge on any atom is -0.493 e. The Morgan fingerprint density at radius 2 is 1.53 bits per heavy atom. The van der Waals surface area contributed by atoms with Gasteiger partial charge in [0.05, 0.1) is 44.3 Å². The van der Waals surface area contributed by atoms with Crippen molar-refractivity contribution in [1.29, 1.82) is 0 Å². The molecule has 51 heavy (non-hydrogen) atoms. The predicted octanol–water partition coefficient (Wildman–Crippen LogP) is -7.54. The van der Waals surface area contributed by atoms with E-state index < -0.39 is 154 Å². The molecular weight excluding hydrogens is 698 g/mol. The number of aliphatic hydroxyl groups is 11. The Hall–Kier alpha value is -2.20. The second-order valence-corrected chi connectivity index (χ2v) is 12.7. The standard InChI is InChI=1S/C29H47NO21/c1-9-17(37)20(40)21(41)26(46-9)47-13-3-4-45-15(8-33)23(13)49-27-22(42)25(19(39)14(7-32)48-27)51-29(28(43)44)5-11(35)16(30-10(2)34)24(50-29)18(38)12(36)6-31/h3-4,9,11-27,31-33,35-42H,5-8H2,1-2H3,(H,30,34)(H,43,44)/t9-,11+,12-,13-,14-,15-,16-,17+,18-,19+,20+,21-,22-,23+,24-,25+,26-,27+,29+/m1/s1. The lowest BCUT2D eigenvalue weighted by Gasteiger charge is -2.50. The third kappa shape index (κ3) is 8.79. The van der Waals surface area contributed by atoms with E-state index in [-0.39, 0.29) is 0 Å². The summed E-state index contributed by atoms with van der Waals surface area (Å²) in [6.45, 7) is -0.296. The molecule has 13 N–H and O–H groups in total. The van der Waals surface area contributed by atoms with Crippen LogP contribution in [-0.2, 0) is 42.7 Å². The van der Waals surface area contributed by atoms with Crippen LogP contribution in [0.1, 0.15) is 20.3 Å². The first-order chi connectivity index (χ1) is 24.0. The minimum atomic E-state index is -3.03. The van der Waals surface area contributed by atoms with Gasteiger partial charge in [-0.1, -0.05) is 0 Å². The maximum absolute atomic E-state index is 12.8. The molecule has 0 aromatic heterocycles. The number of carboxylic acids is 1. The molecule has 0 aliphatic carbocycles. The Kier molecular flexibility index (Phi) is 14.1. The summed E-state index contributed by atoms with van der Waals surface area (Å²) in [5, 5.41) is 127. The molecule has 0 radical (unpaired) electrons. The molecule has 0 unspecified atom stereocenters. The van der Waals surface area contributed by atoms with Crippen molar-refractivity contribution in [2.45, 2.75) is 136 Å². The largest absolute Gasteiger partial charge is 0.493 e. The third-order valence-electron chi connectivity index (χ3n) is 9.12. The first-order valence-electron chi connectivity index (χ1n) is 16.1. The second-order valence-electron chi connectivity index (χ2n) is 12.7. The van der Waals surface area contributed by atoms with E-state index in [4.69, 9.17) is 33.2 Å². The average molecular weight is 746 g/mol. The highest BCUT2D eigenvalue weighted by Crippen LogP contribution is 2.38. The monoisotopic (exact) mass is 745 g/mol. The first-order valence-corrected chi connectivity index (χ1v) is 16.1. The van der Waals surface area contributed by atoms with Crippen LogP contribution in [-0.4, -0.2) is 209 Å². The van der Waals surface area contributed by atoms with Gasteiger partial charge >= 0.3 is 5.97 Å². The molecule has 3 fully saturated rings. The number of hydrogen-bond donors (Lipinski definition) is 13. The van der Waals surface area contributed by atoms with Gasteiger partial charge < -0.3 is 99.8 Å². The summed E-state index contributed by atoms with van der Waals surface area (Å²) < 4.78 is 39.4. The molecule has 1 amide bonds. The summed E-state index contributed by atoms with van der Waals surface area (Å²) in [6.07, 6.45) is -27.9. The number of carboxylic acid groups (broad SMARTS) is 1. The molecule has 0 saturated carbocycles. The number of ether oxygens (including phenoxy) is 7. The van der Waals surface area contributed by atoms with Crippen molar-refractivity contribution in [2.75, 3.05) is 19.8 Å². The number of hydrogen-bond acceptors (Lipinski definition) is 20. The summed E-state index contributed by atoms with van der Waals surface area (Å²) >= 11 is 0. The second kappa shape index (κ2) is 17.3. The molecule has 0 spiro atoms. The van der Waals surface area contributed by atoms with Crippen LogP contribution < -0.4 is 5.32 Å². The van der Waals surface area contributed by atoms with Gasteiger partial charge in [-0.15, -0.1) is 0 Å². The number of amides is 1. The molecule has 0 aromatic carbocycles. The lowest BCUT2D eigenvalue weighted by molar-refractivity contribution is -0.379. The lowest BCUT2D eigenvalue weighted by atomic mass is 9.88. The van der Waals surface area contributed by atoms with Crippen LogP contribution in [0.3, 0.4) is 0 Å². The van der Waals surface area contributed by atoms with Gasteiger partial charge in [0.25, 0.3) is 5.79 Å². The van der Waals surface area contributed by atoms with Crippen LogP contribution >= 0.6 is 0 Å². The highest BCUT2D eigenvalue weighted by atomic mass is 16.8. The molecule has 0 aromatic rings. The maximum Gasteiger partial charge on any atom is 0.364 e. The zero-order valence-electron chi connectivity index (χ0n) is 27.4. The molecule has 4 aliphatic heterocycles. The number of aliphatic hydroxyl groups excluding tert-OH is 11. The predicted molar refractivity (Wildman–Crippen MR) is 158 cm³/mol. The molecule has 0 bridgehead atoms. The van der Waals surface area contributed by atoms with Crippen molar-refractivity contribution < 1.29 is 104 Å². The zero-order valence-corrected chi connectivity index (χ0v) is 27.4. The van der Waals surface area contributed by atoms with Crippen LogP contribution in [0.5, 0.6) is 0 Å². The summed E-state index contributed by atoms with van der Waals surface area (Å²) in [4.78, 5) is 24.6. The van der Waals surface area contributed by atoms with Gasteiger partial charge in [0.15, 0.2) is 12.6 Å². The maximum atomic E-state index is 12.8. The molecule has 4 heterocycles. The van der Waals surface area contributed by atoms with Crippen LogP contribution in [0.4, 0.5) is 0 Å². The Morgan fingerprint density at radius 3 is 2.12 bits per heavy atom. The van der Waals surface area contributed by atoms with Gasteiger partial charge in [-0.2, -0.15) is 0 Å². The molecule has 22 heteroatoms. The van der Waals surface area contributed by atoms with E-state index in [1.165, 1.54) is 13.0 Å². The molecule has 22 nitrogen and oxygen atoms in total. The number of rotatable bonds is 13. The lowest BCUT2D eigenvalue weighted by Crippen LogP contribution is -2.70. The van der Waals surface area contributed by atoms with E-state index in [1.54, 1.807) is 0 Å². The molecule has 294 valence electrons. The van der Waals surface area contributed by atoms with Gasteiger partial charge in [0.1, 0.15) is 79.4 Å². The van der Waals surface area contributed by atoms with Crippen molar-refractivity contribution in [1.82, 2.24) is 5.32 Å². The van der Waals surface area contributed by atoms with Crippen LogP contribution in [0.15, 0.2) is 12.3 Å². The zero-order chi connectivity index (χ0) is 37.9. The van der Waals surface area contributed by atoms with Crippen LogP contribution in [0, 0.1) is 0 Å². The Labute approximate surface area is 289 Å². The fraction of sp³-hybridized carbons (Fsp3) is 0.862. The topological polar surface area (TPSA) is 354 Å². The quantitative estimate of drug-likeness (QED) is 0.0832. The smallest absolute Gasteiger partial charge is 0.364 e. The van der Waals surface area contributed by atoms with E-state index in [1.807, 2.05) is 0 Å². The molecule has 4 rings (SSSR count). The Balaban J connectivity index is 1.62. The summed E-state index contributed by atoms with van der Waals surface area (Å²) in [7, 11) is 0. The highest BCUT2D eigenvalue weighted by molar-refractivity contribution is 5.76. The van der Waals surface area contributed by atoms with E-state index >= 15 is 0 Å². The van der Waals surface area contributed by atoms with E-state index in [0.29, 0.717) is 0 Å². The summed E-state index contributed by atoms with van der Waals surface area (Å²) in [5.41, 5.74) is 0. The number of carbonyl (C=O) groups is 2. The number of nitrogens with one attached hydrogen (secondary N) is 1. The normalized spacial score (nSPS) is 45.7. The fourth-order valence-electron chi connectivity index (χ4n) is 6.27. The third-order valence-corrected chi connectivity index (χ3v) is 9.12. The van der Waals surface area contributed by atoms with Gasteiger partial charge in [-0.05, 0) is 13.0 Å². The summed E-state index contributed by atoms with van der Waals surface area (Å²) in [6, 6.07) is -1.55. The Morgan fingerprint density at radius 1 is 0.882 bits per heavy atom. The molecule has 3 saturated heterocycles. The van der Waals surface area contributed by atoms with Crippen molar-refractivity contribution in [3.63, 3.8) is 0 Å². The van der Waals surface area contributed by atoms with E-state index in [0.717, 1.165) is 13.2 Å².